The van der Waals surface area contributed by atoms with E-state index in [-0.39, 0.29) is 10.8 Å². The van der Waals surface area contributed by atoms with Gasteiger partial charge in [-0.25, -0.2) is 8.42 Å². The van der Waals surface area contributed by atoms with E-state index in [0.717, 1.165) is 11.1 Å². The summed E-state index contributed by atoms with van der Waals surface area (Å²) < 4.78 is 26.3. The lowest BCUT2D eigenvalue weighted by atomic mass is 10.2. The van der Waals surface area contributed by atoms with E-state index in [1.54, 1.807) is 30.3 Å². The standard InChI is InChI=1S/C20H24N2O3S/c1-3-22(4-2)26(24,25)19-13-10-17(11-14-19)12-15-20(23)21-16-18-8-6-5-7-9-18/h5-15H,3-4,16H2,1-2H3,(H,21,23)/b15-12+. The van der Waals surface area contributed by atoms with Crippen molar-refractivity contribution in [3.05, 3.63) is 71.8 Å². The fourth-order valence-electron chi connectivity index (χ4n) is 2.48. The molecule has 0 aliphatic heterocycles. The average molecular weight is 372 g/mol. The lowest BCUT2D eigenvalue weighted by Gasteiger charge is -2.18. The highest BCUT2D eigenvalue weighted by atomic mass is 32.2. The van der Waals surface area contributed by atoms with Crippen LogP contribution in [0.15, 0.2) is 65.6 Å². The Morgan fingerprint density at radius 2 is 1.62 bits per heavy atom. The van der Waals surface area contributed by atoms with E-state index in [2.05, 4.69) is 5.32 Å². The van der Waals surface area contributed by atoms with Crippen LogP contribution in [0, 0.1) is 0 Å². The molecule has 6 heteroatoms. The summed E-state index contributed by atoms with van der Waals surface area (Å²) in [6.45, 7) is 4.95. The first-order valence-corrected chi connectivity index (χ1v) is 10.0. The molecule has 2 rings (SSSR count). The van der Waals surface area contributed by atoms with Gasteiger partial charge in [0.1, 0.15) is 0 Å². The molecule has 0 atom stereocenters. The lowest BCUT2D eigenvalue weighted by Crippen LogP contribution is -2.30. The largest absolute Gasteiger partial charge is 0.348 e. The van der Waals surface area contributed by atoms with Gasteiger partial charge in [-0.15, -0.1) is 0 Å². The number of carbonyl (C=O) groups excluding carboxylic acids is 1. The Morgan fingerprint density at radius 3 is 2.19 bits per heavy atom. The van der Waals surface area contributed by atoms with Crippen molar-refractivity contribution in [2.45, 2.75) is 25.3 Å². The Morgan fingerprint density at radius 1 is 1.00 bits per heavy atom. The SMILES string of the molecule is CCN(CC)S(=O)(=O)c1ccc(/C=C/C(=O)NCc2ccccc2)cc1. The van der Waals surface area contributed by atoms with Crippen LogP contribution in [0.5, 0.6) is 0 Å². The van der Waals surface area contributed by atoms with Gasteiger partial charge >= 0.3 is 0 Å². The van der Waals surface area contributed by atoms with E-state index in [4.69, 9.17) is 0 Å². The van der Waals surface area contributed by atoms with Crippen molar-refractivity contribution in [1.82, 2.24) is 9.62 Å². The Hall–Kier alpha value is -2.44. The predicted octanol–water partition coefficient (Wildman–Crippen LogP) is 3.05. The molecule has 1 amide bonds. The summed E-state index contributed by atoms with van der Waals surface area (Å²) in [4.78, 5) is 12.1. The topological polar surface area (TPSA) is 66.5 Å². The van der Waals surface area contributed by atoms with Crippen molar-refractivity contribution < 1.29 is 13.2 Å². The zero-order chi connectivity index (χ0) is 19.0. The molecule has 2 aromatic rings. The Balaban J connectivity index is 1.98. The summed E-state index contributed by atoms with van der Waals surface area (Å²) in [6.07, 6.45) is 3.10. The molecule has 0 fully saturated rings. The quantitative estimate of drug-likeness (QED) is 0.724. The number of nitrogens with zero attached hydrogens (tertiary/aromatic N) is 1. The fourth-order valence-corrected chi connectivity index (χ4v) is 3.94. The maximum absolute atomic E-state index is 12.4. The van der Waals surface area contributed by atoms with Crippen LogP contribution in [0.25, 0.3) is 6.08 Å². The smallest absolute Gasteiger partial charge is 0.244 e. The molecule has 0 unspecified atom stereocenters. The van der Waals surface area contributed by atoms with E-state index in [9.17, 15) is 13.2 Å². The second-order valence-electron chi connectivity index (χ2n) is 5.70. The van der Waals surface area contributed by atoms with Crippen molar-refractivity contribution >= 4 is 22.0 Å². The number of sulfonamides is 1. The van der Waals surface area contributed by atoms with E-state index in [1.165, 1.54) is 10.4 Å². The van der Waals surface area contributed by atoms with E-state index >= 15 is 0 Å². The van der Waals surface area contributed by atoms with Crippen molar-refractivity contribution in [2.75, 3.05) is 13.1 Å². The lowest BCUT2D eigenvalue weighted by molar-refractivity contribution is -0.116. The Bertz CT molecular complexity index is 840. The third kappa shape index (κ3) is 5.28. The molecule has 0 heterocycles. The van der Waals surface area contributed by atoms with Crippen LogP contribution in [0.3, 0.4) is 0 Å². The number of amides is 1. The van der Waals surface area contributed by atoms with Gasteiger partial charge in [-0.3, -0.25) is 4.79 Å². The minimum atomic E-state index is -3.46. The number of carbonyl (C=O) groups is 1. The first-order valence-electron chi connectivity index (χ1n) is 8.57. The van der Waals surface area contributed by atoms with Gasteiger partial charge in [-0.2, -0.15) is 4.31 Å². The number of hydrogen-bond donors (Lipinski definition) is 1. The molecule has 26 heavy (non-hydrogen) atoms. The van der Waals surface area contributed by atoms with Crippen LogP contribution < -0.4 is 5.32 Å². The van der Waals surface area contributed by atoms with Crippen LogP contribution in [0.2, 0.25) is 0 Å². The fraction of sp³-hybridized carbons (Fsp3) is 0.250. The highest BCUT2D eigenvalue weighted by molar-refractivity contribution is 7.89. The van der Waals surface area contributed by atoms with E-state index < -0.39 is 10.0 Å². The van der Waals surface area contributed by atoms with Gasteiger partial charge in [-0.1, -0.05) is 56.3 Å². The molecule has 0 spiro atoms. The molecule has 138 valence electrons. The number of benzene rings is 2. The zero-order valence-corrected chi connectivity index (χ0v) is 15.9. The molecular weight excluding hydrogens is 348 g/mol. The van der Waals surface area contributed by atoms with Gasteiger partial charge in [0, 0.05) is 25.7 Å². The Kier molecular flexibility index (Phi) is 7.12. The monoisotopic (exact) mass is 372 g/mol. The van der Waals surface area contributed by atoms with Gasteiger partial charge in [0.25, 0.3) is 0 Å². The highest BCUT2D eigenvalue weighted by Gasteiger charge is 2.20. The van der Waals surface area contributed by atoms with Gasteiger partial charge in [0.2, 0.25) is 15.9 Å². The van der Waals surface area contributed by atoms with Crippen LogP contribution in [0.1, 0.15) is 25.0 Å². The molecule has 1 N–H and O–H groups in total. The summed E-state index contributed by atoms with van der Waals surface area (Å²) in [7, 11) is -3.46. The molecule has 0 aliphatic rings. The van der Waals surface area contributed by atoms with Crippen molar-refractivity contribution in [1.29, 1.82) is 0 Å². The molecule has 5 nitrogen and oxygen atoms in total. The third-order valence-electron chi connectivity index (χ3n) is 3.96. The zero-order valence-electron chi connectivity index (χ0n) is 15.1. The highest BCUT2D eigenvalue weighted by Crippen LogP contribution is 2.16. The first kappa shape index (κ1) is 19.9. The molecule has 0 aromatic heterocycles. The summed E-state index contributed by atoms with van der Waals surface area (Å²) >= 11 is 0. The summed E-state index contributed by atoms with van der Waals surface area (Å²) in [5.74, 6) is -0.200. The maximum Gasteiger partial charge on any atom is 0.244 e. The molecule has 0 radical (unpaired) electrons. The van der Waals surface area contributed by atoms with Crippen molar-refractivity contribution in [2.24, 2.45) is 0 Å². The van der Waals surface area contributed by atoms with Crippen LogP contribution in [-0.2, 0) is 21.4 Å². The molecule has 0 bridgehead atoms. The van der Waals surface area contributed by atoms with Gasteiger partial charge in [0.15, 0.2) is 0 Å². The summed E-state index contributed by atoms with van der Waals surface area (Å²) in [5, 5.41) is 2.81. The van der Waals surface area contributed by atoms with Crippen LogP contribution in [0.4, 0.5) is 0 Å². The minimum absolute atomic E-state index is 0.200. The second kappa shape index (κ2) is 9.31. The normalized spacial score (nSPS) is 11.8. The molecule has 0 aliphatic carbocycles. The van der Waals surface area contributed by atoms with Gasteiger partial charge in [0.05, 0.1) is 4.90 Å². The predicted molar refractivity (Wildman–Crippen MR) is 104 cm³/mol. The van der Waals surface area contributed by atoms with Crippen molar-refractivity contribution in [3.63, 3.8) is 0 Å². The second-order valence-corrected chi connectivity index (χ2v) is 7.63. The third-order valence-corrected chi connectivity index (χ3v) is 6.02. The minimum Gasteiger partial charge on any atom is -0.348 e. The van der Waals surface area contributed by atoms with E-state index in [1.807, 2.05) is 44.2 Å². The summed E-state index contributed by atoms with van der Waals surface area (Å²) in [6, 6.07) is 16.2. The van der Waals surface area contributed by atoms with Gasteiger partial charge in [-0.05, 0) is 29.3 Å². The Labute approximate surface area is 155 Å². The van der Waals surface area contributed by atoms with Crippen molar-refractivity contribution in [3.8, 4) is 0 Å². The molecular formula is C20H24N2O3S. The number of rotatable bonds is 8. The number of nitrogens with one attached hydrogen (secondary N) is 1. The van der Waals surface area contributed by atoms with Crippen LogP contribution >= 0.6 is 0 Å². The molecule has 2 aromatic carbocycles. The first-order chi connectivity index (χ1) is 12.5. The average Bonchev–Trinajstić information content (AvgIpc) is 2.66. The molecule has 0 saturated heterocycles. The molecule has 0 saturated carbocycles. The van der Waals surface area contributed by atoms with E-state index in [0.29, 0.717) is 19.6 Å². The maximum atomic E-state index is 12.4. The number of hydrogen-bond acceptors (Lipinski definition) is 3. The van der Waals surface area contributed by atoms with Crippen LogP contribution in [-0.4, -0.2) is 31.7 Å². The van der Waals surface area contributed by atoms with Gasteiger partial charge < -0.3 is 5.32 Å². The summed E-state index contributed by atoms with van der Waals surface area (Å²) in [5.41, 5.74) is 1.79.